The van der Waals surface area contributed by atoms with Crippen molar-refractivity contribution in [2.45, 2.75) is 46.5 Å². The van der Waals surface area contributed by atoms with Crippen LogP contribution in [0, 0.1) is 17.3 Å². The van der Waals surface area contributed by atoms with E-state index < -0.39 is 17.4 Å². The van der Waals surface area contributed by atoms with Crippen LogP contribution in [-0.4, -0.2) is 23.7 Å². The van der Waals surface area contributed by atoms with E-state index in [0.717, 1.165) is 12.8 Å². The molecule has 1 rings (SSSR count). The normalized spacial score (nSPS) is 29.1. The van der Waals surface area contributed by atoms with E-state index in [-0.39, 0.29) is 6.61 Å². The molecule has 0 atom stereocenters. The molecular weight excluding hydrogens is 220 g/mol. The summed E-state index contributed by atoms with van der Waals surface area (Å²) < 4.78 is 4.92. The van der Waals surface area contributed by atoms with Gasteiger partial charge in [0.15, 0.2) is 5.41 Å². The molecule has 0 bridgehead atoms. The van der Waals surface area contributed by atoms with E-state index in [9.17, 15) is 14.7 Å². The average molecular weight is 242 g/mol. The minimum atomic E-state index is -1.29. The minimum absolute atomic E-state index is 0.238. The molecule has 0 unspecified atom stereocenters. The molecule has 17 heavy (non-hydrogen) atoms. The van der Waals surface area contributed by atoms with E-state index in [1.807, 2.05) is 0 Å². The highest BCUT2D eigenvalue weighted by Gasteiger charge is 2.49. The number of ether oxygens (including phenoxy) is 1. The number of carboxylic acid groups (broad SMARTS) is 1. The molecule has 0 aliphatic heterocycles. The Balaban J connectivity index is 2.77. The maximum Gasteiger partial charge on any atom is 0.323 e. The number of carboxylic acids is 1. The van der Waals surface area contributed by atoms with E-state index in [2.05, 4.69) is 13.8 Å². The van der Waals surface area contributed by atoms with Gasteiger partial charge in [-0.15, -0.1) is 0 Å². The van der Waals surface area contributed by atoms with Crippen LogP contribution in [0.1, 0.15) is 46.5 Å². The molecule has 0 radical (unpaired) electrons. The predicted octanol–water partition coefficient (Wildman–Crippen LogP) is 2.47. The molecule has 0 spiro atoms. The van der Waals surface area contributed by atoms with Gasteiger partial charge in [0.1, 0.15) is 0 Å². The summed E-state index contributed by atoms with van der Waals surface area (Å²) in [6.45, 7) is 6.22. The van der Waals surface area contributed by atoms with E-state index in [1.165, 1.54) is 0 Å². The first-order valence-corrected chi connectivity index (χ1v) is 6.34. The van der Waals surface area contributed by atoms with Crippen LogP contribution < -0.4 is 0 Å². The van der Waals surface area contributed by atoms with Gasteiger partial charge in [0, 0.05) is 0 Å². The maximum atomic E-state index is 11.8. The number of rotatable bonds is 4. The van der Waals surface area contributed by atoms with Crippen molar-refractivity contribution in [2.75, 3.05) is 6.61 Å². The lowest BCUT2D eigenvalue weighted by atomic mass is 9.68. The summed E-state index contributed by atoms with van der Waals surface area (Å²) in [7, 11) is 0. The van der Waals surface area contributed by atoms with Gasteiger partial charge in [-0.05, 0) is 44.4 Å². The molecule has 0 aromatic heterocycles. The maximum absolute atomic E-state index is 11.8. The Morgan fingerprint density at radius 1 is 1.35 bits per heavy atom. The number of esters is 1. The fourth-order valence-electron chi connectivity index (χ4n) is 2.57. The summed E-state index contributed by atoms with van der Waals surface area (Å²) >= 11 is 0. The molecule has 1 saturated carbocycles. The van der Waals surface area contributed by atoms with Crippen LogP contribution in [0.15, 0.2) is 0 Å². The molecule has 4 heteroatoms. The first-order chi connectivity index (χ1) is 7.94. The summed E-state index contributed by atoms with van der Waals surface area (Å²) in [6, 6.07) is 0. The third kappa shape index (κ3) is 2.79. The monoisotopic (exact) mass is 242 g/mol. The molecule has 0 heterocycles. The molecule has 0 saturated heterocycles. The third-order valence-corrected chi connectivity index (χ3v) is 3.90. The zero-order valence-electron chi connectivity index (χ0n) is 10.9. The zero-order chi connectivity index (χ0) is 13.1. The van der Waals surface area contributed by atoms with Crippen molar-refractivity contribution < 1.29 is 19.4 Å². The number of carbonyl (C=O) groups is 2. The molecule has 1 aliphatic rings. The summed E-state index contributed by atoms with van der Waals surface area (Å²) in [5, 5.41) is 9.31. The van der Waals surface area contributed by atoms with E-state index in [0.29, 0.717) is 24.7 Å². The third-order valence-electron chi connectivity index (χ3n) is 3.90. The molecule has 0 amide bonds. The Morgan fingerprint density at radius 3 is 2.24 bits per heavy atom. The Kier molecular flexibility index (Phi) is 4.54. The van der Waals surface area contributed by atoms with Gasteiger partial charge < -0.3 is 9.84 Å². The standard InChI is InChI=1S/C13H22O4/c1-4-17-12(16)13(11(14)15)7-5-10(6-8-13)9(2)3/h9-10H,4-8H2,1-3H3,(H,14,15). The van der Waals surface area contributed by atoms with Crippen LogP contribution in [0.2, 0.25) is 0 Å². The average Bonchev–Trinajstić information content (AvgIpc) is 2.29. The topological polar surface area (TPSA) is 63.6 Å². The first-order valence-electron chi connectivity index (χ1n) is 6.34. The second-order valence-corrected chi connectivity index (χ2v) is 5.19. The smallest absolute Gasteiger partial charge is 0.323 e. The lowest BCUT2D eigenvalue weighted by Crippen LogP contribution is -2.44. The molecule has 4 nitrogen and oxygen atoms in total. The Bertz CT molecular complexity index is 288. The van der Waals surface area contributed by atoms with Crippen molar-refractivity contribution in [1.82, 2.24) is 0 Å². The van der Waals surface area contributed by atoms with Crippen molar-refractivity contribution in [3.05, 3.63) is 0 Å². The Labute approximate surface area is 102 Å². The molecule has 0 aromatic rings. The fraction of sp³-hybridized carbons (Fsp3) is 0.846. The molecule has 1 aliphatic carbocycles. The van der Waals surface area contributed by atoms with E-state index >= 15 is 0 Å². The van der Waals surface area contributed by atoms with Gasteiger partial charge >= 0.3 is 11.9 Å². The lowest BCUT2D eigenvalue weighted by Gasteiger charge is -2.36. The highest BCUT2D eigenvalue weighted by Crippen LogP contribution is 2.42. The highest BCUT2D eigenvalue weighted by molar-refractivity contribution is 5.99. The molecule has 1 N–H and O–H groups in total. The van der Waals surface area contributed by atoms with Gasteiger partial charge in [-0.3, -0.25) is 9.59 Å². The molecule has 1 fully saturated rings. The lowest BCUT2D eigenvalue weighted by molar-refractivity contribution is -0.172. The van der Waals surface area contributed by atoms with Crippen LogP contribution in [0.3, 0.4) is 0 Å². The van der Waals surface area contributed by atoms with Gasteiger partial charge in [-0.2, -0.15) is 0 Å². The minimum Gasteiger partial charge on any atom is -0.480 e. The largest absolute Gasteiger partial charge is 0.480 e. The van der Waals surface area contributed by atoms with Gasteiger partial charge in [0.05, 0.1) is 6.61 Å². The van der Waals surface area contributed by atoms with Crippen molar-refractivity contribution in [3.63, 3.8) is 0 Å². The summed E-state index contributed by atoms with van der Waals surface area (Å²) in [6.07, 6.45) is 2.40. The van der Waals surface area contributed by atoms with E-state index in [4.69, 9.17) is 4.74 Å². The predicted molar refractivity (Wildman–Crippen MR) is 63.5 cm³/mol. The van der Waals surface area contributed by atoms with Gasteiger partial charge in [-0.25, -0.2) is 0 Å². The van der Waals surface area contributed by atoms with Gasteiger partial charge in [-0.1, -0.05) is 13.8 Å². The SMILES string of the molecule is CCOC(=O)C1(C(=O)O)CCC(C(C)C)CC1. The van der Waals surface area contributed by atoms with Crippen molar-refractivity contribution in [2.24, 2.45) is 17.3 Å². The highest BCUT2D eigenvalue weighted by atomic mass is 16.5. The number of aliphatic carboxylic acids is 1. The Hall–Kier alpha value is -1.06. The Morgan fingerprint density at radius 2 is 1.88 bits per heavy atom. The zero-order valence-corrected chi connectivity index (χ0v) is 10.9. The number of carbonyl (C=O) groups excluding carboxylic acids is 1. The van der Waals surface area contributed by atoms with Crippen LogP contribution >= 0.6 is 0 Å². The van der Waals surface area contributed by atoms with Crippen LogP contribution in [0.4, 0.5) is 0 Å². The van der Waals surface area contributed by atoms with Crippen molar-refractivity contribution in [1.29, 1.82) is 0 Å². The molecule has 0 aromatic carbocycles. The summed E-state index contributed by atoms with van der Waals surface area (Å²) in [5.41, 5.74) is -1.29. The number of hydrogen-bond donors (Lipinski definition) is 1. The number of hydrogen-bond acceptors (Lipinski definition) is 3. The van der Waals surface area contributed by atoms with E-state index in [1.54, 1.807) is 6.92 Å². The summed E-state index contributed by atoms with van der Waals surface area (Å²) in [5.74, 6) is -0.520. The fourth-order valence-corrected chi connectivity index (χ4v) is 2.57. The second-order valence-electron chi connectivity index (χ2n) is 5.19. The summed E-state index contributed by atoms with van der Waals surface area (Å²) in [4.78, 5) is 23.2. The second kappa shape index (κ2) is 5.52. The van der Waals surface area contributed by atoms with Crippen molar-refractivity contribution in [3.8, 4) is 0 Å². The molecular formula is C13H22O4. The van der Waals surface area contributed by atoms with Gasteiger partial charge in [0.25, 0.3) is 0 Å². The molecule has 98 valence electrons. The first kappa shape index (κ1) is 14.0. The van der Waals surface area contributed by atoms with Gasteiger partial charge in [0.2, 0.25) is 0 Å². The quantitative estimate of drug-likeness (QED) is 0.607. The van der Waals surface area contributed by atoms with Crippen LogP contribution in [-0.2, 0) is 14.3 Å². The van der Waals surface area contributed by atoms with Crippen molar-refractivity contribution >= 4 is 11.9 Å². The van der Waals surface area contributed by atoms with Crippen LogP contribution in [0.5, 0.6) is 0 Å². The van der Waals surface area contributed by atoms with Crippen LogP contribution in [0.25, 0.3) is 0 Å².